The summed E-state index contributed by atoms with van der Waals surface area (Å²) in [6, 6.07) is 7.38. The predicted molar refractivity (Wildman–Crippen MR) is 79.6 cm³/mol. The minimum atomic E-state index is -2.90. The van der Waals surface area contributed by atoms with Gasteiger partial charge in [0.1, 0.15) is 9.84 Å². The maximum atomic E-state index is 12.1. The van der Waals surface area contributed by atoms with Crippen molar-refractivity contribution in [3.63, 3.8) is 0 Å². The smallest absolute Gasteiger partial charge is 0.321 e. The average molecular weight is 296 g/mol. The third-order valence-corrected chi connectivity index (χ3v) is 5.38. The number of carbonyl (C=O) groups excluding carboxylic acids is 1. The van der Waals surface area contributed by atoms with Crippen LogP contribution in [0.25, 0.3) is 0 Å². The Bertz CT molecular complexity index is 584. The third-order valence-electron chi connectivity index (χ3n) is 3.66. The molecule has 20 heavy (non-hydrogen) atoms. The number of hydrogen-bond acceptors (Lipinski definition) is 3. The SMILES string of the molecule is Cc1cccc(NC(=O)N(C)C2CCS(=O)(=O)CC2)c1. The number of benzene rings is 1. The lowest BCUT2D eigenvalue weighted by molar-refractivity contribution is 0.199. The van der Waals surface area contributed by atoms with Crippen molar-refractivity contribution in [3.05, 3.63) is 29.8 Å². The van der Waals surface area contributed by atoms with E-state index in [0.717, 1.165) is 11.3 Å². The molecule has 1 aliphatic rings. The van der Waals surface area contributed by atoms with Crippen LogP contribution in [0.5, 0.6) is 0 Å². The Morgan fingerprint density at radius 1 is 1.30 bits per heavy atom. The van der Waals surface area contributed by atoms with Crippen molar-refractivity contribution < 1.29 is 13.2 Å². The molecule has 0 unspecified atom stereocenters. The Morgan fingerprint density at radius 2 is 1.95 bits per heavy atom. The van der Waals surface area contributed by atoms with Crippen molar-refractivity contribution >= 4 is 21.6 Å². The Balaban J connectivity index is 1.96. The molecule has 1 aromatic rings. The Morgan fingerprint density at radius 3 is 2.55 bits per heavy atom. The monoisotopic (exact) mass is 296 g/mol. The van der Waals surface area contributed by atoms with E-state index in [1.165, 1.54) is 0 Å². The largest absolute Gasteiger partial charge is 0.325 e. The normalized spacial score (nSPS) is 18.5. The van der Waals surface area contributed by atoms with Crippen molar-refractivity contribution in [1.29, 1.82) is 0 Å². The van der Waals surface area contributed by atoms with E-state index in [0.29, 0.717) is 12.8 Å². The highest BCUT2D eigenvalue weighted by atomic mass is 32.2. The van der Waals surface area contributed by atoms with Crippen LogP contribution in [0.4, 0.5) is 10.5 Å². The fourth-order valence-corrected chi connectivity index (χ4v) is 3.83. The third kappa shape index (κ3) is 3.72. The average Bonchev–Trinajstić information content (AvgIpc) is 2.38. The molecular formula is C14H20N2O3S. The topological polar surface area (TPSA) is 66.5 Å². The van der Waals surface area contributed by atoms with Gasteiger partial charge in [-0.25, -0.2) is 13.2 Å². The number of rotatable bonds is 2. The van der Waals surface area contributed by atoms with Gasteiger partial charge in [-0.3, -0.25) is 0 Å². The molecule has 1 saturated heterocycles. The molecule has 0 atom stereocenters. The zero-order valence-corrected chi connectivity index (χ0v) is 12.6. The Hall–Kier alpha value is -1.56. The lowest BCUT2D eigenvalue weighted by Gasteiger charge is -2.31. The molecule has 1 aliphatic heterocycles. The van der Waals surface area contributed by atoms with Crippen molar-refractivity contribution in [1.82, 2.24) is 4.90 Å². The van der Waals surface area contributed by atoms with Crippen LogP contribution >= 0.6 is 0 Å². The molecule has 6 heteroatoms. The quantitative estimate of drug-likeness (QED) is 0.908. The van der Waals surface area contributed by atoms with Gasteiger partial charge in [-0.15, -0.1) is 0 Å². The number of urea groups is 1. The maximum Gasteiger partial charge on any atom is 0.321 e. The molecule has 2 rings (SSSR count). The van der Waals surface area contributed by atoms with Crippen LogP contribution in [0.1, 0.15) is 18.4 Å². The second kappa shape index (κ2) is 5.83. The van der Waals surface area contributed by atoms with E-state index in [1.54, 1.807) is 11.9 Å². The van der Waals surface area contributed by atoms with E-state index in [9.17, 15) is 13.2 Å². The van der Waals surface area contributed by atoms with Crippen molar-refractivity contribution in [2.45, 2.75) is 25.8 Å². The molecule has 0 spiro atoms. The van der Waals surface area contributed by atoms with Gasteiger partial charge in [0.15, 0.2) is 0 Å². The van der Waals surface area contributed by atoms with Gasteiger partial charge >= 0.3 is 6.03 Å². The van der Waals surface area contributed by atoms with Gasteiger partial charge in [-0.2, -0.15) is 0 Å². The second-order valence-corrected chi connectivity index (χ2v) is 7.60. The lowest BCUT2D eigenvalue weighted by atomic mass is 10.1. The van der Waals surface area contributed by atoms with E-state index in [-0.39, 0.29) is 23.6 Å². The number of anilines is 1. The molecule has 1 fully saturated rings. The van der Waals surface area contributed by atoms with Crippen LogP contribution in [-0.2, 0) is 9.84 Å². The van der Waals surface area contributed by atoms with Crippen LogP contribution in [0, 0.1) is 6.92 Å². The summed E-state index contributed by atoms with van der Waals surface area (Å²) in [5, 5.41) is 2.84. The maximum absolute atomic E-state index is 12.1. The van der Waals surface area contributed by atoms with Crippen molar-refractivity contribution in [2.24, 2.45) is 0 Å². The van der Waals surface area contributed by atoms with E-state index < -0.39 is 9.84 Å². The van der Waals surface area contributed by atoms with Crippen LogP contribution < -0.4 is 5.32 Å². The minimum absolute atomic E-state index is 0.0108. The van der Waals surface area contributed by atoms with Crippen LogP contribution in [-0.4, -0.2) is 43.9 Å². The van der Waals surface area contributed by atoms with Gasteiger partial charge in [0.2, 0.25) is 0 Å². The summed E-state index contributed by atoms with van der Waals surface area (Å²) in [5.41, 5.74) is 1.83. The molecule has 1 N–H and O–H groups in total. The van der Waals surface area contributed by atoms with E-state index in [4.69, 9.17) is 0 Å². The Labute approximate surface area is 119 Å². The zero-order valence-electron chi connectivity index (χ0n) is 11.8. The second-order valence-electron chi connectivity index (χ2n) is 5.29. The van der Waals surface area contributed by atoms with E-state index in [1.807, 2.05) is 31.2 Å². The number of amides is 2. The highest BCUT2D eigenvalue weighted by molar-refractivity contribution is 7.91. The molecule has 5 nitrogen and oxygen atoms in total. The first kappa shape index (κ1) is 14.8. The zero-order chi connectivity index (χ0) is 14.8. The van der Waals surface area contributed by atoms with Crippen LogP contribution in [0.3, 0.4) is 0 Å². The number of carbonyl (C=O) groups is 1. The van der Waals surface area contributed by atoms with Gasteiger partial charge < -0.3 is 10.2 Å². The molecule has 1 heterocycles. The highest BCUT2D eigenvalue weighted by Crippen LogP contribution is 2.18. The summed E-state index contributed by atoms with van der Waals surface area (Å²) in [6.07, 6.45) is 1.03. The number of aryl methyl sites for hydroxylation is 1. The highest BCUT2D eigenvalue weighted by Gasteiger charge is 2.28. The number of nitrogens with one attached hydrogen (secondary N) is 1. The molecule has 0 aliphatic carbocycles. The summed E-state index contributed by atoms with van der Waals surface area (Å²) in [5.74, 6) is 0.333. The standard InChI is InChI=1S/C14H20N2O3S/c1-11-4-3-5-12(10-11)15-14(17)16(2)13-6-8-20(18,19)9-7-13/h3-5,10,13H,6-9H2,1-2H3,(H,15,17). The summed E-state index contributed by atoms with van der Waals surface area (Å²) < 4.78 is 22.8. The van der Waals surface area contributed by atoms with E-state index in [2.05, 4.69) is 5.32 Å². The predicted octanol–water partition coefficient (Wildman–Crippen LogP) is 2.04. The van der Waals surface area contributed by atoms with Gasteiger partial charge in [-0.05, 0) is 37.5 Å². The van der Waals surface area contributed by atoms with E-state index >= 15 is 0 Å². The first-order valence-electron chi connectivity index (χ1n) is 6.68. The molecule has 0 radical (unpaired) electrons. The molecule has 1 aromatic carbocycles. The first-order valence-corrected chi connectivity index (χ1v) is 8.50. The van der Waals surface area contributed by atoms with Crippen LogP contribution in [0.2, 0.25) is 0 Å². The minimum Gasteiger partial charge on any atom is -0.325 e. The summed E-state index contributed by atoms with van der Waals surface area (Å²) in [7, 11) is -1.18. The van der Waals surface area contributed by atoms with Crippen molar-refractivity contribution in [2.75, 3.05) is 23.9 Å². The van der Waals surface area contributed by atoms with Crippen molar-refractivity contribution in [3.8, 4) is 0 Å². The fraction of sp³-hybridized carbons (Fsp3) is 0.500. The lowest BCUT2D eigenvalue weighted by Crippen LogP contribution is -2.44. The number of nitrogens with zero attached hydrogens (tertiary/aromatic N) is 1. The molecule has 110 valence electrons. The van der Waals surface area contributed by atoms with Gasteiger partial charge in [0.05, 0.1) is 11.5 Å². The molecule has 0 saturated carbocycles. The number of sulfone groups is 1. The molecule has 2 amide bonds. The molecule has 0 bridgehead atoms. The fourth-order valence-electron chi connectivity index (χ4n) is 2.37. The summed E-state index contributed by atoms with van der Waals surface area (Å²) in [6.45, 7) is 1.96. The van der Waals surface area contributed by atoms with Gasteiger partial charge in [0, 0.05) is 18.8 Å². The summed E-state index contributed by atoms with van der Waals surface area (Å²) >= 11 is 0. The number of hydrogen-bond donors (Lipinski definition) is 1. The Kier molecular flexibility index (Phi) is 4.32. The van der Waals surface area contributed by atoms with Gasteiger partial charge in [-0.1, -0.05) is 12.1 Å². The van der Waals surface area contributed by atoms with Crippen LogP contribution in [0.15, 0.2) is 24.3 Å². The van der Waals surface area contributed by atoms with Gasteiger partial charge in [0.25, 0.3) is 0 Å². The molecular weight excluding hydrogens is 276 g/mol. The molecule has 0 aromatic heterocycles. The summed E-state index contributed by atoms with van der Waals surface area (Å²) in [4.78, 5) is 13.8. The first-order chi connectivity index (χ1) is 9.37.